The summed E-state index contributed by atoms with van der Waals surface area (Å²) in [4.78, 5) is 23.6. The van der Waals surface area contributed by atoms with Gasteiger partial charge in [-0.1, -0.05) is 6.07 Å². The van der Waals surface area contributed by atoms with Crippen LogP contribution in [-0.4, -0.2) is 25.5 Å². The largest absolute Gasteiger partial charge is 0.465 e. The predicted molar refractivity (Wildman–Crippen MR) is 90.8 cm³/mol. The van der Waals surface area contributed by atoms with Crippen LogP contribution in [0.15, 0.2) is 42.5 Å². The Morgan fingerprint density at radius 3 is 2.50 bits per heavy atom. The third kappa shape index (κ3) is 4.34. The highest BCUT2D eigenvalue weighted by molar-refractivity contribution is 5.97. The van der Waals surface area contributed by atoms with Crippen LogP contribution in [0.4, 0.5) is 11.4 Å². The first-order valence-corrected chi connectivity index (χ1v) is 7.26. The molecule has 2 aromatic rings. The molecule has 6 heteroatoms. The standard InChI is InChI=1S/C18H17N3O3/c1-12-3-6-14(18(23)24-2)9-16(12)21-17(22)11-20-15-7-4-13(10-19)5-8-15/h3-9,20H,11H2,1-2H3,(H,21,22). The third-order valence-corrected chi connectivity index (χ3v) is 3.40. The van der Waals surface area contributed by atoms with Crippen molar-refractivity contribution in [2.75, 3.05) is 24.3 Å². The lowest BCUT2D eigenvalue weighted by atomic mass is 10.1. The van der Waals surface area contributed by atoms with Crippen molar-refractivity contribution >= 4 is 23.3 Å². The minimum absolute atomic E-state index is 0.0633. The number of carbonyl (C=O) groups excluding carboxylic acids is 2. The van der Waals surface area contributed by atoms with E-state index in [0.29, 0.717) is 16.8 Å². The van der Waals surface area contributed by atoms with Gasteiger partial charge in [0.1, 0.15) is 0 Å². The Morgan fingerprint density at radius 2 is 1.88 bits per heavy atom. The number of aryl methyl sites for hydroxylation is 1. The molecule has 0 radical (unpaired) electrons. The number of methoxy groups -OCH3 is 1. The summed E-state index contributed by atoms with van der Waals surface area (Å²) in [5, 5.41) is 14.5. The number of nitrogens with zero attached hydrogens (tertiary/aromatic N) is 1. The zero-order valence-corrected chi connectivity index (χ0v) is 13.4. The Hall–Kier alpha value is -3.33. The van der Waals surface area contributed by atoms with E-state index in [2.05, 4.69) is 15.4 Å². The second kappa shape index (κ2) is 7.79. The number of nitriles is 1. The van der Waals surface area contributed by atoms with E-state index in [-0.39, 0.29) is 12.5 Å². The van der Waals surface area contributed by atoms with Gasteiger partial charge in [0.05, 0.1) is 30.9 Å². The molecule has 2 rings (SSSR count). The van der Waals surface area contributed by atoms with Gasteiger partial charge in [0, 0.05) is 11.4 Å². The van der Waals surface area contributed by atoms with Crippen LogP contribution in [0.25, 0.3) is 0 Å². The molecule has 2 aromatic carbocycles. The Kier molecular flexibility index (Phi) is 5.53. The average molecular weight is 323 g/mol. The van der Waals surface area contributed by atoms with Crippen LogP contribution in [0, 0.1) is 18.3 Å². The molecule has 0 unspecified atom stereocenters. The number of rotatable bonds is 5. The van der Waals surface area contributed by atoms with Gasteiger partial charge in [0.25, 0.3) is 0 Å². The molecule has 6 nitrogen and oxygen atoms in total. The van der Waals surface area contributed by atoms with E-state index in [1.807, 2.05) is 13.0 Å². The lowest BCUT2D eigenvalue weighted by Gasteiger charge is -2.11. The number of amides is 1. The molecule has 0 fully saturated rings. The van der Waals surface area contributed by atoms with Crippen LogP contribution in [0.3, 0.4) is 0 Å². The minimum atomic E-state index is -0.457. The Labute approximate surface area is 140 Å². The smallest absolute Gasteiger partial charge is 0.337 e. The maximum atomic E-state index is 12.1. The number of ether oxygens (including phenoxy) is 1. The number of hydrogen-bond acceptors (Lipinski definition) is 5. The maximum Gasteiger partial charge on any atom is 0.337 e. The number of esters is 1. The van der Waals surface area contributed by atoms with Crippen molar-refractivity contribution in [1.82, 2.24) is 0 Å². The van der Waals surface area contributed by atoms with Crippen molar-refractivity contribution in [1.29, 1.82) is 5.26 Å². The molecule has 0 heterocycles. The summed E-state index contributed by atoms with van der Waals surface area (Å²) in [5.41, 5.74) is 3.07. The molecule has 0 bridgehead atoms. The number of nitrogens with one attached hydrogen (secondary N) is 2. The lowest BCUT2D eigenvalue weighted by molar-refractivity contribution is -0.114. The third-order valence-electron chi connectivity index (χ3n) is 3.40. The van der Waals surface area contributed by atoms with Crippen molar-refractivity contribution in [3.63, 3.8) is 0 Å². The summed E-state index contributed by atoms with van der Waals surface area (Å²) < 4.78 is 4.67. The Balaban J connectivity index is 1.99. The van der Waals surface area contributed by atoms with E-state index < -0.39 is 5.97 Å². The van der Waals surface area contributed by atoms with Crippen LogP contribution in [0.1, 0.15) is 21.5 Å². The zero-order valence-electron chi connectivity index (χ0n) is 13.4. The maximum absolute atomic E-state index is 12.1. The van der Waals surface area contributed by atoms with E-state index in [4.69, 9.17) is 5.26 Å². The highest BCUT2D eigenvalue weighted by Crippen LogP contribution is 2.17. The van der Waals surface area contributed by atoms with Crippen molar-refractivity contribution < 1.29 is 14.3 Å². The molecule has 0 saturated carbocycles. The SMILES string of the molecule is COC(=O)c1ccc(C)c(NC(=O)CNc2ccc(C#N)cc2)c1. The van der Waals surface area contributed by atoms with E-state index in [0.717, 1.165) is 11.3 Å². The molecule has 0 atom stereocenters. The van der Waals surface area contributed by atoms with Crippen LogP contribution >= 0.6 is 0 Å². The first-order valence-electron chi connectivity index (χ1n) is 7.26. The zero-order chi connectivity index (χ0) is 17.5. The monoisotopic (exact) mass is 323 g/mol. The summed E-state index contributed by atoms with van der Waals surface area (Å²) in [6.07, 6.45) is 0. The topological polar surface area (TPSA) is 91.2 Å². The van der Waals surface area contributed by atoms with Crippen LogP contribution in [0.5, 0.6) is 0 Å². The number of carbonyl (C=O) groups is 2. The fraction of sp³-hybridized carbons (Fsp3) is 0.167. The fourth-order valence-corrected chi connectivity index (χ4v) is 2.04. The van der Waals surface area contributed by atoms with Gasteiger partial charge in [0.2, 0.25) is 5.91 Å². The summed E-state index contributed by atoms with van der Waals surface area (Å²) in [6, 6.07) is 13.8. The van der Waals surface area contributed by atoms with Crippen molar-refractivity contribution in [3.8, 4) is 6.07 Å². The molecule has 0 aromatic heterocycles. The molecule has 1 amide bonds. The van der Waals surface area contributed by atoms with Gasteiger partial charge >= 0.3 is 5.97 Å². The molecule has 0 saturated heterocycles. The lowest BCUT2D eigenvalue weighted by Crippen LogP contribution is -2.22. The van der Waals surface area contributed by atoms with Crippen LogP contribution in [-0.2, 0) is 9.53 Å². The van der Waals surface area contributed by atoms with E-state index >= 15 is 0 Å². The summed E-state index contributed by atoms with van der Waals surface area (Å²) in [5.74, 6) is -0.703. The Bertz CT molecular complexity index is 792. The molecule has 0 aliphatic heterocycles. The first kappa shape index (κ1) is 17.0. The van der Waals surface area contributed by atoms with Crippen LogP contribution in [0.2, 0.25) is 0 Å². The number of hydrogen-bond donors (Lipinski definition) is 2. The fourth-order valence-electron chi connectivity index (χ4n) is 2.04. The number of benzene rings is 2. The van der Waals surface area contributed by atoms with Crippen molar-refractivity contribution in [2.24, 2.45) is 0 Å². The molecule has 0 spiro atoms. The summed E-state index contributed by atoms with van der Waals surface area (Å²) in [6.45, 7) is 1.90. The second-order valence-electron chi connectivity index (χ2n) is 5.11. The van der Waals surface area contributed by atoms with E-state index in [1.54, 1.807) is 42.5 Å². The first-order chi connectivity index (χ1) is 11.5. The van der Waals surface area contributed by atoms with Crippen molar-refractivity contribution in [3.05, 3.63) is 59.2 Å². The molecule has 2 N–H and O–H groups in total. The molecular weight excluding hydrogens is 306 g/mol. The molecule has 122 valence electrons. The average Bonchev–Trinajstić information content (AvgIpc) is 2.61. The summed E-state index contributed by atoms with van der Waals surface area (Å²) in [7, 11) is 1.31. The highest BCUT2D eigenvalue weighted by atomic mass is 16.5. The molecular formula is C18H17N3O3. The highest BCUT2D eigenvalue weighted by Gasteiger charge is 2.10. The van der Waals surface area contributed by atoms with Crippen LogP contribution < -0.4 is 10.6 Å². The van der Waals surface area contributed by atoms with Gasteiger partial charge in [-0.2, -0.15) is 5.26 Å². The van der Waals surface area contributed by atoms with Crippen molar-refractivity contribution in [2.45, 2.75) is 6.92 Å². The second-order valence-corrected chi connectivity index (χ2v) is 5.11. The quantitative estimate of drug-likeness (QED) is 0.826. The normalized spacial score (nSPS) is 9.71. The van der Waals surface area contributed by atoms with Gasteiger partial charge in [-0.05, 0) is 48.9 Å². The van der Waals surface area contributed by atoms with Gasteiger partial charge in [-0.3, -0.25) is 4.79 Å². The van der Waals surface area contributed by atoms with E-state index in [9.17, 15) is 9.59 Å². The van der Waals surface area contributed by atoms with Gasteiger partial charge in [0.15, 0.2) is 0 Å². The number of anilines is 2. The molecule has 0 aliphatic rings. The Morgan fingerprint density at radius 1 is 1.17 bits per heavy atom. The predicted octanol–water partition coefficient (Wildman–Crippen LogP) is 2.70. The van der Waals surface area contributed by atoms with Gasteiger partial charge in [-0.15, -0.1) is 0 Å². The van der Waals surface area contributed by atoms with E-state index in [1.165, 1.54) is 7.11 Å². The van der Waals surface area contributed by atoms with Gasteiger partial charge < -0.3 is 15.4 Å². The summed E-state index contributed by atoms with van der Waals surface area (Å²) >= 11 is 0. The van der Waals surface area contributed by atoms with Gasteiger partial charge in [-0.25, -0.2) is 4.79 Å². The molecule has 24 heavy (non-hydrogen) atoms. The minimum Gasteiger partial charge on any atom is -0.465 e. The molecule has 0 aliphatic carbocycles.